The molecule has 0 aliphatic carbocycles. The summed E-state index contributed by atoms with van der Waals surface area (Å²) in [5.41, 5.74) is 0. The molecular weight excluding hydrogens is 847 g/mol. The number of amides is 2. The number of hydrogen-bond donors (Lipinski definition) is 10. The van der Waals surface area contributed by atoms with Gasteiger partial charge in [-0.05, 0) is 36.9 Å². The third kappa shape index (κ3) is 27.3. The molecule has 0 spiro atoms. The number of nitrogens with one attached hydrogen (secondary N) is 8. The average Bonchev–Trinajstić information content (AvgIpc) is 3.04. The van der Waals surface area contributed by atoms with E-state index in [0.717, 1.165) is 105 Å². The molecule has 2 aliphatic rings. The Hall–Kier alpha value is -1.08. The van der Waals surface area contributed by atoms with E-state index in [4.69, 9.17) is 0 Å². The van der Waals surface area contributed by atoms with E-state index < -0.39 is 24.0 Å². The van der Waals surface area contributed by atoms with Crippen LogP contribution in [-0.4, -0.2) is 198 Å². The molecule has 10 N–H and O–H groups in total. The Bertz CT molecular complexity index is 797. The van der Waals surface area contributed by atoms with Crippen LogP contribution in [0.25, 0.3) is 0 Å². The standard InChI is InChI=1S/2C15H31N5O3S.Re/c2*1-24-11-2-13(15(22)23)19-14(21)12-20-9-7-17-5-3-16-4-6-18-8-10-20;/h2*13,16-18H,2-12H2,1H3,(H,19,21)(H,22,23);. The van der Waals surface area contributed by atoms with Crippen molar-refractivity contribution in [1.82, 2.24) is 52.3 Å². The van der Waals surface area contributed by atoms with E-state index in [1.54, 1.807) is 23.5 Å². The number of rotatable bonds is 14. The Balaban J connectivity index is 0.000000922. The second-order valence-corrected chi connectivity index (χ2v) is 13.5. The van der Waals surface area contributed by atoms with Gasteiger partial charge in [-0.15, -0.1) is 0 Å². The molecular formula is C30H62N10O6ReS2. The number of aliphatic carboxylic acids is 2. The Kier molecular flexibility index (Phi) is 32.1. The largest absolute Gasteiger partial charge is 0.480 e. The molecule has 0 bridgehead atoms. The van der Waals surface area contributed by atoms with Crippen molar-refractivity contribution < 1.29 is 49.8 Å². The van der Waals surface area contributed by atoms with Crippen LogP contribution in [0.4, 0.5) is 0 Å². The van der Waals surface area contributed by atoms with E-state index in [9.17, 15) is 29.4 Å². The molecule has 16 nitrogen and oxygen atoms in total. The molecule has 0 aromatic carbocycles. The van der Waals surface area contributed by atoms with Crippen molar-refractivity contribution in [2.24, 2.45) is 0 Å². The first-order valence-electron chi connectivity index (χ1n) is 17.0. The summed E-state index contributed by atoms with van der Waals surface area (Å²) in [7, 11) is 0. The minimum atomic E-state index is -0.970. The van der Waals surface area contributed by atoms with Gasteiger partial charge >= 0.3 is 11.9 Å². The summed E-state index contributed by atoms with van der Waals surface area (Å²) in [6.45, 7) is 14.0. The summed E-state index contributed by atoms with van der Waals surface area (Å²) in [5.74, 6) is -0.968. The van der Waals surface area contributed by atoms with Crippen molar-refractivity contribution in [2.45, 2.75) is 24.9 Å². The van der Waals surface area contributed by atoms with Crippen LogP contribution in [-0.2, 0) is 39.6 Å². The van der Waals surface area contributed by atoms with Crippen molar-refractivity contribution in [3.05, 3.63) is 0 Å². The van der Waals surface area contributed by atoms with Crippen LogP contribution in [0.15, 0.2) is 0 Å². The first-order chi connectivity index (χ1) is 23.3. The Morgan fingerprint density at radius 2 is 0.816 bits per heavy atom. The molecule has 1 radical (unpaired) electrons. The summed E-state index contributed by atoms with van der Waals surface area (Å²) in [6, 6.07) is -1.61. The van der Waals surface area contributed by atoms with E-state index in [1.165, 1.54) is 0 Å². The fraction of sp³-hybridized carbons (Fsp3) is 0.867. The fourth-order valence-corrected chi connectivity index (χ4v) is 5.76. The molecule has 19 heteroatoms. The summed E-state index contributed by atoms with van der Waals surface area (Å²) in [4.78, 5) is 50.9. The first kappa shape index (κ1) is 47.9. The van der Waals surface area contributed by atoms with Gasteiger partial charge in [-0.2, -0.15) is 23.5 Å². The summed E-state index contributed by atoms with van der Waals surface area (Å²) < 4.78 is 0. The van der Waals surface area contributed by atoms with E-state index in [-0.39, 0.29) is 45.3 Å². The van der Waals surface area contributed by atoms with Gasteiger partial charge in [-0.1, -0.05) is 0 Å². The smallest absolute Gasteiger partial charge is 0.326 e. The maximum absolute atomic E-state index is 12.2. The van der Waals surface area contributed by atoms with Crippen molar-refractivity contribution in [3.8, 4) is 0 Å². The number of hydrogen-bond acceptors (Lipinski definition) is 14. The second kappa shape index (κ2) is 32.8. The van der Waals surface area contributed by atoms with Crippen LogP contribution in [0, 0.1) is 0 Å². The SMILES string of the molecule is CSCCC(NC(=O)CN1CCNCCNCCNCC1)C(=O)O.CSCCC(NC(=O)CN1CCNCCNCCNCC1)C(=O)O.[Re]. The normalized spacial score (nSPS) is 19.3. The van der Waals surface area contributed by atoms with Crippen LogP contribution >= 0.6 is 23.5 Å². The number of thioether (sulfide) groups is 2. The zero-order chi connectivity index (χ0) is 35.2. The minimum absolute atomic E-state index is 0. The number of carbonyl (C=O) groups is 4. The van der Waals surface area contributed by atoms with Gasteiger partial charge in [0.25, 0.3) is 0 Å². The number of nitrogens with zero attached hydrogens (tertiary/aromatic N) is 2. The van der Waals surface area contributed by atoms with Gasteiger partial charge in [0.05, 0.1) is 13.1 Å². The van der Waals surface area contributed by atoms with Crippen molar-refractivity contribution in [3.63, 3.8) is 0 Å². The maximum atomic E-state index is 12.2. The van der Waals surface area contributed by atoms with Gasteiger partial charge in [-0.3, -0.25) is 19.4 Å². The second-order valence-electron chi connectivity index (χ2n) is 11.5. The van der Waals surface area contributed by atoms with E-state index in [0.29, 0.717) is 24.3 Å². The van der Waals surface area contributed by atoms with Gasteiger partial charge in [0.2, 0.25) is 11.8 Å². The molecule has 2 atom stereocenters. The van der Waals surface area contributed by atoms with Crippen LogP contribution in [0.1, 0.15) is 12.8 Å². The van der Waals surface area contributed by atoms with Crippen LogP contribution in [0.2, 0.25) is 0 Å². The van der Waals surface area contributed by atoms with Crippen molar-refractivity contribution in [2.75, 3.05) is 142 Å². The number of carboxylic acids is 2. The first-order valence-corrected chi connectivity index (χ1v) is 19.8. The topological polar surface area (TPSA) is 211 Å². The van der Waals surface area contributed by atoms with Gasteiger partial charge < -0.3 is 52.7 Å². The van der Waals surface area contributed by atoms with E-state index >= 15 is 0 Å². The van der Waals surface area contributed by atoms with Gasteiger partial charge in [0, 0.05) is 125 Å². The van der Waals surface area contributed by atoms with Gasteiger partial charge in [-0.25, -0.2) is 9.59 Å². The minimum Gasteiger partial charge on any atom is -0.480 e. The van der Waals surface area contributed by atoms with Crippen molar-refractivity contribution >= 4 is 47.3 Å². The molecule has 2 saturated heterocycles. The molecule has 287 valence electrons. The average molecular weight is 909 g/mol. The summed E-state index contributed by atoms with van der Waals surface area (Å²) in [6.07, 6.45) is 4.73. The summed E-state index contributed by atoms with van der Waals surface area (Å²) in [5, 5.41) is 43.7. The van der Waals surface area contributed by atoms with Crippen LogP contribution < -0.4 is 42.5 Å². The molecule has 2 rings (SSSR count). The molecule has 2 heterocycles. The zero-order valence-electron chi connectivity index (χ0n) is 29.3. The molecule has 2 aliphatic heterocycles. The molecule has 2 amide bonds. The third-order valence-corrected chi connectivity index (χ3v) is 8.84. The zero-order valence-corrected chi connectivity index (χ0v) is 33.7. The summed E-state index contributed by atoms with van der Waals surface area (Å²) >= 11 is 3.15. The Labute approximate surface area is 314 Å². The van der Waals surface area contributed by atoms with Crippen molar-refractivity contribution in [1.29, 1.82) is 0 Å². The monoisotopic (exact) mass is 909 g/mol. The molecule has 2 unspecified atom stereocenters. The molecule has 0 aromatic rings. The number of carbonyl (C=O) groups excluding carboxylic acids is 2. The molecule has 2 fully saturated rings. The Morgan fingerprint density at radius 3 is 1.06 bits per heavy atom. The predicted octanol–water partition coefficient (Wildman–Crippen LogP) is -3.22. The molecule has 0 saturated carbocycles. The van der Waals surface area contributed by atoms with Crippen LogP contribution in [0.3, 0.4) is 0 Å². The molecule has 0 aromatic heterocycles. The Morgan fingerprint density at radius 1 is 0.551 bits per heavy atom. The van der Waals surface area contributed by atoms with Gasteiger partial charge in [0.1, 0.15) is 12.1 Å². The molecule has 49 heavy (non-hydrogen) atoms. The third-order valence-electron chi connectivity index (χ3n) is 7.56. The quantitative estimate of drug-likeness (QED) is 0.0832. The van der Waals surface area contributed by atoms with Crippen LogP contribution in [0.5, 0.6) is 0 Å². The predicted molar refractivity (Wildman–Crippen MR) is 195 cm³/mol. The van der Waals surface area contributed by atoms with Gasteiger partial charge in [0.15, 0.2) is 0 Å². The maximum Gasteiger partial charge on any atom is 0.326 e. The van der Waals surface area contributed by atoms with E-state index in [2.05, 4.69) is 52.3 Å². The fourth-order valence-electron chi connectivity index (χ4n) is 4.82. The van der Waals surface area contributed by atoms with E-state index in [1.807, 2.05) is 12.5 Å². The number of carboxylic acid groups (broad SMARTS) is 2.